The number of anilines is 1. The number of carbonyl (C=O) groups is 1. The molecule has 0 aliphatic heterocycles. The lowest BCUT2D eigenvalue weighted by Gasteiger charge is -2.22. The number of carbonyl (C=O) groups excluding carboxylic acids is 1. The first kappa shape index (κ1) is 20.8. The van der Waals surface area contributed by atoms with Crippen molar-refractivity contribution in [2.75, 3.05) is 12.3 Å². The Balaban J connectivity index is 1.44. The summed E-state index contributed by atoms with van der Waals surface area (Å²) in [4.78, 5) is 23.1. The van der Waals surface area contributed by atoms with Crippen molar-refractivity contribution in [2.45, 2.75) is 46.7 Å². The zero-order valence-electron chi connectivity index (χ0n) is 18.4. The standard InChI is InChI=1S/C25H29N5O/c1-17-10-11-20(18(2)14-17)15-29(19(3)31)12-6-7-13-30-16-27-23-24(30)21-8-4-5-9-22(21)28-25(23)26/h4-5,8-11,14,16H,6-7,12-13,15H2,1-3H3,(H2,26,28). The second-order valence-corrected chi connectivity index (χ2v) is 8.23. The van der Waals surface area contributed by atoms with Crippen LogP contribution in [-0.2, 0) is 17.9 Å². The number of fused-ring (bicyclic) bond motifs is 3. The minimum atomic E-state index is 0.109. The number of hydrogen-bond acceptors (Lipinski definition) is 4. The molecule has 0 unspecified atom stereocenters. The number of para-hydroxylation sites is 1. The second kappa shape index (κ2) is 8.76. The number of imidazole rings is 1. The van der Waals surface area contributed by atoms with Gasteiger partial charge in [0.25, 0.3) is 0 Å². The molecule has 1 amide bonds. The van der Waals surface area contributed by atoms with Crippen molar-refractivity contribution in [1.29, 1.82) is 0 Å². The third-order valence-electron chi connectivity index (χ3n) is 5.86. The summed E-state index contributed by atoms with van der Waals surface area (Å²) in [7, 11) is 0. The van der Waals surface area contributed by atoms with Gasteiger partial charge in [0.2, 0.25) is 5.91 Å². The van der Waals surface area contributed by atoms with Crippen LogP contribution >= 0.6 is 0 Å². The Morgan fingerprint density at radius 3 is 2.71 bits per heavy atom. The molecule has 0 fully saturated rings. The maximum atomic E-state index is 12.2. The molecule has 2 N–H and O–H groups in total. The summed E-state index contributed by atoms with van der Waals surface area (Å²) < 4.78 is 2.15. The fourth-order valence-corrected chi connectivity index (χ4v) is 4.14. The van der Waals surface area contributed by atoms with Crippen LogP contribution in [0.15, 0.2) is 48.8 Å². The number of hydrogen-bond donors (Lipinski definition) is 1. The van der Waals surface area contributed by atoms with Gasteiger partial charge < -0.3 is 15.2 Å². The molecule has 0 spiro atoms. The third kappa shape index (κ3) is 4.38. The van der Waals surface area contributed by atoms with E-state index in [9.17, 15) is 4.79 Å². The summed E-state index contributed by atoms with van der Waals surface area (Å²) >= 11 is 0. The summed E-state index contributed by atoms with van der Waals surface area (Å²) in [5.74, 6) is 0.571. The smallest absolute Gasteiger partial charge is 0.219 e. The maximum Gasteiger partial charge on any atom is 0.219 e. The molecule has 4 rings (SSSR count). The number of unbranched alkanes of at least 4 members (excludes halogenated alkanes) is 1. The van der Waals surface area contributed by atoms with Crippen molar-refractivity contribution in [2.24, 2.45) is 0 Å². The lowest BCUT2D eigenvalue weighted by atomic mass is 10.1. The van der Waals surface area contributed by atoms with E-state index in [1.54, 1.807) is 6.92 Å². The Kier molecular flexibility index (Phi) is 5.89. The molecule has 0 radical (unpaired) electrons. The van der Waals surface area contributed by atoms with Crippen LogP contribution in [0.3, 0.4) is 0 Å². The van der Waals surface area contributed by atoms with Gasteiger partial charge in [-0.3, -0.25) is 4.79 Å². The molecule has 2 aromatic carbocycles. The monoisotopic (exact) mass is 415 g/mol. The van der Waals surface area contributed by atoms with Gasteiger partial charge in [-0.05, 0) is 43.9 Å². The first-order valence-corrected chi connectivity index (χ1v) is 10.7. The van der Waals surface area contributed by atoms with Crippen molar-refractivity contribution < 1.29 is 4.79 Å². The molecule has 4 aromatic rings. The fraction of sp³-hybridized carbons (Fsp3) is 0.320. The highest BCUT2D eigenvalue weighted by Gasteiger charge is 2.13. The normalized spacial score (nSPS) is 11.3. The predicted octanol–water partition coefficient (Wildman–Crippen LogP) is 4.61. The average molecular weight is 416 g/mol. The molecule has 0 atom stereocenters. The van der Waals surface area contributed by atoms with E-state index in [-0.39, 0.29) is 5.91 Å². The Labute approximate surface area is 182 Å². The van der Waals surface area contributed by atoms with Crippen molar-refractivity contribution in [3.05, 3.63) is 65.5 Å². The number of nitrogen functional groups attached to an aromatic ring is 1. The van der Waals surface area contributed by atoms with Crippen LogP contribution in [0.2, 0.25) is 0 Å². The van der Waals surface area contributed by atoms with Gasteiger partial charge in [-0.25, -0.2) is 9.97 Å². The number of nitrogens with zero attached hydrogens (tertiary/aromatic N) is 4. The Morgan fingerprint density at radius 1 is 1.13 bits per heavy atom. The summed E-state index contributed by atoms with van der Waals surface area (Å²) in [6, 6.07) is 14.4. The molecule has 2 aromatic heterocycles. The molecule has 31 heavy (non-hydrogen) atoms. The molecule has 6 nitrogen and oxygen atoms in total. The SMILES string of the molecule is CC(=O)N(CCCCn1cnc2c(N)nc3ccccc3c21)Cc1ccc(C)cc1C. The zero-order valence-corrected chi connectivity index (χ0v) is 18.4. The number of benzene rings is 2. The van der Waals surface area contributed by atoms with Crippen molar-refractivity contribution in [3.8, 4) is 0 Å². The Morgan fingerprint density at radius 2 is 1.94 bits per heavy atom. The van der Waals surface area contributed by atoms with Gasteiger partial charge in [0.05, 0.1) is 17.4 Å². The van der Waals surface area contributed by atoms with Crippen LogP contribution in [0, 0.1) is 13.8 Å². The number of rotatable bonds is 7. The molecule has 0 aliphatic carbocycles. The highest BCUT2D eigenvalue weighted by atomic mass is 16.2. The average Bonchev–Trinajstić information content (AvgIpc) is 3.16. The molecule has 2 heterocycles. The van der Waals surface area contributed by atoms with Gasteiger partial charge >= 0.3 is 0 Å². The van der Waals surface area contributed by atoms with Gasteiger partial charge in [0.15, 0.2) is 5.82 Å². The summed E-state index contributed by atoms with van der Waals surface area (Å²) in [5, 5.41) is 1.06. The van der Waals surface area contributed by atoms with Crippen molar-refractivity contribution in [3.63, 3.8) is 0 Å². The summed E-state index contributed by atoms with van der Waals surface area (Å²) in [5.41, 5.74) is 12.5. The van der Waals surface area contributed by atoms with E-state index in [0.717, 1.165) is 47.9 Å². The molecule has 0 aliphatic rings. The maximum absolute atomic E-state index is 12.2. The quantitative estimate of drug-likeness (QED) is 0.447. The van der Waals surface area contributed by atoms with E-state index < -0.39 is 0 Å². The third-order valence-corrected chi connectivity index (χ3v) is 5.86. The van der Waals surface area contributed by atoms with E-state index in [1.807, 2.05) is 29.4 Å². The topological polar surface area (TPSA) is 77.0 Å². The van der Waals surface area contributed by atoms with Gasteiger partial charge in [-0.2, -0.15) is 0 Å². The van der Waals surface area contributed by atoms with E-state index in [0.29, 0.717) is 12.4 Å². The minimum Gasteiger partial charge on any atom is -0.382 e. The molecule has 0 saturated carbocycles. The fourth-order valence-electron chi connectivity index (χ4n) is 4.14. The first-order chi connectivity index (χ1) is 14.9. The Hall–Kier alpha value is -3.41. The number of aromatic nitrogens is 3. The molecule has 0 saturated heterocycles. The van der Waals surface area contributed by atoms with Crippen LogP contribution in [0.4, 0.5) is 5.82 Å². The molecule has 160 valence electrons. The largest absolute Gasteiger partial charge is 0.382 e. The number of amides is 1. The molecular formula is C25H29N5O. The predicted molar refractivity (Wildman–Crippen MR) is 126 cm³/mol. The van der Waals surface area contributed by atoms with E-state index in [1.165, 1.54) is 16.7 Å². The highest BCUT2D eigenvalue weighted by molar-refractivity contribution is 6.06. The zero-order chi connectivity index (χ0) is 22.0. The Bertz CT molecular complexity index is 1240. The second-order valence-electron chi connectivity index (χ2n) is 8.23. The minimum absolute atomic E-state index is 0.109. The van der Waals surface area contributed by atoms with Crippen LogP contribution in [0.1, 0.15) is 36.5 Å². The van der Waals surface area contributed by atoms with Gasteiger partial charge in [0, 0.05) is 31.9 Å². The van der Waals surface area contributed by atoms with Crippen molar-refractivity contribution in [1.82, 2.24) is 19.4 Å². The molecular weight excluding hydrogens is 386 g/mol. The number of pyridine rings is 1. The van der Waals surface area contributed by atoms with Crippen LogP contribution < -0.4 is 5.73 Å². The van der Waals surface area contributed by atoms with Crippen LogP contribution in [0.25, 0.3) is 21.9 Å². The van der Waals surface area contributed by atoms with Crippen LogP contribution in [0.5, 0.6) is 0 Å². The number of nitrogens with two attached hydrogens (primary N) is 1. The first-order valence-electron chi connectivity index (χ1n) is 10.7. The summed E-state index contributed by atoms with van der Waals surface area (Å²) in [6.07, 6.45) is 3.70. The lowest BCUT2D eigenvalue weighted by molar-refractivity contribution is -0.129. The van der Waals surface area contributed by atoms with E-state index >= 15 is 0 Å². The number of aryl methyl sites for hydroxylation is 3. The molecule has 0 bridgehead atoms. The van der Waals surface area contributed by atoms with Crippen molar-refractivity contribution >= 4 is 33.7 Å². The van der Waals surface area contributed by atoms with Crippen LogP contribution in [-0.4, -0.2) is 31.9 Å². The molecule has 6 heteroatoms. The van der Waals surface area contributed by atoms with Gasteiger partial charge in [-0.15, -0.1) is 0 Å². The van der Waals surface area contributed by atoms with Gasteiger partial charge in [-0.1, -0.05) is 42.0 Å². The van der Waals surface area contributed by atoms with E-state index in [4.69, 9.17) is 5.73 Å². The van der Waals surface area contributed by atoms with E-state index in [2.05, 4.69) is 52.6 Å². The van der Waals surface area contributed by atoms with Gasteiger partial charge in [0.1, 0.15) is 5.52 Å². The highest BCUT2D eigenvalue weighted by Crippen LogP contribution is 2.27. The lowest BCUT2D eigenvalue weighted by Crippen LogP contribution is -2.29. The summed E-state index contributed by atoms with van der Waals surface area (Å²) in [6.45, 7) is 8.05.